The van der Waals surface area contributed by atoms with Gasteiger partial charge < -0.3 is 9.84 Å². The van der Waals surface area contributed by atoms with Gasteiger partial charge in [-0.25, -0.2) is 13.1 Å². The van der Waals surface area contributed by atoms with Crippen molar-refractivity contribution in [3.05, 3.63) is 30.1 Å². The fourth-order valence-corrected chi connectivity index (χ4v) is 5.25. The van der Waals surface area contributed by atoms with Gasteiger partial charge in [0.2, 0.25) is 10.0 Å². The molecule has 0 unspecified atom stereocenters. The van der Waals surface area contributed by atoms with Crippen molar-refractivity contribution < 1.29 is 18.3 Å². The predicted octanol–water partition coefficient (Wildman–Crippen LogP) is 1.37. The average Bonchev–Trinajstić information content (AvgIpc) is 3.32. The summed E-state index contributed by atoms with van der Waals surface area (Å²) in [6, 6.07) is 5.24. The SMILES string of the molecule is CCCCn1nnnc1[C@@H]1CC[C@@H](CO)N1S(=O)(=O)c1ccc(OC)cc1. The highest BCUT2D eigenvalue weighted by molar-refractivity contribution is 7.89. The van der Waals surface area contributed by atoms with E-state index >= 15 is 0 Å². The van der Waals surface area contributed by atoms with Crippen LogP contribution in [0.2, 0.25) is 0 Å². The molecule has 0 spiro atoms. The van der Waals surface area contributed by atoms with Crippen LogP contribution < -0.4 is 4.74 Å². The Balaban J connectivity index is 1.97. The van der Waals surface area contributed by atoms with Gasteiger partial charge in [-0.15, -0.1) is 5.10 Å². The van der Waals surface area contributed by atoms with Crippen LogP contribution in [0.4, 0.5) is 0 Å². The van der Waals surface area contributed by atoms with E-state index in [0.29, 0.717) is 31.0 Å². The molecular weight excluding hydrogens is 370 g/mol. The Morgan fingerprint density at radius 3 is 2.63 bits per heavy atom. The molecule has 27 heavy (non-hydrogen) atoms. The van der Waals surface area contributed by atoms with Gasteiger partial charge in [0.1, 0.15) is 5.75 Å². The summed E-state index contributed by atoms with van der Waals surface area (Å²) >= 11 is 0. The van der Waals surface area contributed by atoms with Crippen molar-refractivity contribution in [1.29, 1.82) is 0 Å². The van der Waals surface area contributed by atoms with E-state index in [-0.39, 0.29) is 11.5 Å². The summed E-state index contributed by atoms with van der Waals surface area (Å²) in [5.74, 6) is 1.10. The normalized spacial score (nSPS) is 20.9. The second kappa shape index (κ2) is 8.32. The zero-order chi connectivity index (χ0) is 19.4. The van der Waals surface area contributed by atoms with Crippen LogP contribution in [0.5, 0.6) is 5.75 Å². The highest BCUT2D eigenvalue weighted by Crippen LogP contribution is 2.39. The third kappa shape index (κ3) is 3.83. The minimum Gasteiger partial charge on any atom is -0.497 e. The van der Waals surface area contributed by atoms with Crippen molar-refractivity contribution in [2.24, 2.45) is 0 Å². The first kappa shape index (κ1) is 19.7. The Bertz CT molecular complexity index is 852. The molecule has 0 amide bonds. The lowest BCUT2D eigenvalue weighted by Crippen LogP contribution is -2.40. The minimum atomic E-state index is -3.83. The number of tetrazole rings is 1. The van der Waals surface area contributed by atoms with Gasteiger partial charge in [0, 0.05) is 12.6 Å². The van der Waals surface area contributed by atoms with E-state index < -0.39 is 22.1 Å². The van der Waals surface area contributed by atoms with Crippen LogP contribution in [0.3, 0.4) is 0 Å². The van der Waals surface area contributed by atoms with Gasteiger partial charge in [-0.05, 0) is 54.0 Å². The number of hydrogen-bond donors (Lipinski definition) is 1. The predicted molar refractivity (Wildman–Crippen MR) is 97.6 cm³/mol. The molecular formula is C17H25N5O4S. The lowest BCUT2D eigenvalue weighted by molar-refractivity contribution is 0.194. The van der Waals surface area contributed by atoms with Crippen molar-refractivity contribution in [3.8, 4) is 5.75 Å². The standard InChI is InChI=1S/C17H25N5O4S/c1-3-4-11-21-17(18-19-20-21)16-10-5-13(12-23)22(16)27(24,25)15-8-6-14(26-2)7-9-15/h6-9,13,16,23H,3-5,10-12H2,1-2H3/t13-,16-/m0/s1. The highest BCUT2D eigenvalue weighted by atomic mass is 32.2. The van der Waals surface area contributed by atoms with Gasteiger partial charge in [0.05, 0.1) is 24.7 Å². The molecule has 0 radical (unpaired) electrons. The zero-order valence-electron chi connectivity index (χ0n) is 15.5. The van der Waals surface area contributed by atoms with E-state index in [2.05, 4.69) is 22.4 Å². The summed E-state index contributed by atoms with van der Waals surface area (Å²) in [7, 11) is -2.30. The molecule has 148 valence electrons. The van der Waals surface area contributed by atoms with Crippen LogP contribution in [0.1, 0.15) is 44.5 Å². The molecule has 1 fully saturated rings. The molecule has 2 aromatic rings. The maximum absolute atomic E-state index is 13.3. The molecule has 0 bridgehead atoms. The van der Waals surface area contributed by atoms with Gasteiger partial charge in [0.25, 0.3) is 0 Å². The van der Waals surface area contributed by atoms with Gasteiger partial charge in [-0.3, -0.25) is 0 Å². The number of unbranched alkanes of at least 4 members (excludes halogenated alkanes) is 1. The van der Waals surface area contributed by atoms with E-state index in [0.717, 1.165) is 12.8 Å². The Labute approximate surface area is 159 Å². The number of sulfonamides is 1. The molecule has 1 aliphatic rings. The molecule has 1 aromatic heterocycles. The Morgan fingerprint density at radius 2 is 2.00 bits per heavy atom. The lowest BCUT2D eigenvalue weighted by Gasteiger charge is -2.28. The number of nitrogens with zero attached hydrogens (tertiary/aromatic N) is 5. The maximum atomic E-state index is 13.3. The number of rotatable bonds is 8. The van der Waals surface area contributed by atoms with Gasteiger partial charge in [0.15, 0.2) is 5.82 Å². The molecule has 2 atom stereocenters. The first-order valence-corrected chi connectivity index (χ1v) is 10.5. The summed E-state index contributed by atoms with van der Waals surface area (Å²) in [5.41, 5.74) is 0. The van der Waals surface area contributed by atoms with Crippen molar-refractivity contribution in [3.63, 3.8) is 0 Å². The summed E-state index contributed by atoms with van der Waals surface area (Å²) in [6.07, 6.45) is 3.00. The number of aliphatic hydroxyl groups excluding tert-OH is 1. The summed E-state index contributed by atoms with van der Waals surface area (Å²) in [5, 5.41) is 21.6. The molecule has 1 aromatic carbocycles. The topological polar surface area (TPSA) is 110 Å². The monoisotopic (exact) mass is 395 g/mol. The number of ether oxygens (including phenoxy) is 1. The van der Waals surface area contributed by atoms with E-state index in [1.54, 1.807) is 16.8 Å². The second-order valence-corrected chi connectivity index (χ2v) is 8.40. The molecule has 1 N–H and O–H groups in total. The average molecular weight is 395 g/mol. The molecule has 0 aliphatic carbocycles. The molecule has 1 saturated heterocycles. The van der Waals surface area contributed by atoms with Gasteiger partial charge in [-0.1, -0.05) is 13.3 Å². The lowest BCUT2D eigenvalue weighted by atomic mass is 10.2. The van der Waals surface area contributed by atoms with Crippen molar-refractivity contribution in [2.45, 2.75) is 56.1 Å². The van der Waals surface area contributed by atoms with Crippen molar-refractivity contribution in [2.75, 3.05) is 13.7 Å². The number of methoxy groups -OCH3 is 1. The number of aliphatic hydroxyl groups is 1. The Morgan fingerprint density at radius 1 is 1.26 bits per heavy atom. The number of hydrogen-bond acceptors (Lipinski definition) is 7. The van der Waals surface area contributed by atoms with Crippen molar-refractivity contribution in [1.82, 2.24) is 24.5 Å². The van der Waals surface area contributed by atoms with Crippen LogP contribution in [-0.2, 0) is 16.6 Å². The third-order valence-electron chi connectivity index (χ3n) is 4.87. The van der Waals surface area contributed by atoms with Crippen LogP contribution in [0.25, 0.3) is 0 Å². The van der Waals surface area contributed by atoms with Crippen LogP contribution in [0, 0.1) is 0 Å². The molecule has 3 rings (SSSR count). The van der Waals surface area contributed by atoms with Crippen LogP contribution in [-0.4, -0.2) is 57.8 Å². The van der Waals surface area contributed by atoms with Gasteiger partial charge in [-0.2, -0.15) is 4.31 Å². The number of benzene rings is 1. The molecule has 0 saturated carbocycles. The summed E-state index contributed by atoms with van der Waals surface area (Å²) in [6.45, 7) is 2.46. The zero-order valence-corrected chi connectivity index (χ0v) is 16.3. The molecule has 2 heterocycles. The summed E-state index contributed by atoms with van der Waals surface area (Å²) in [4.78, 5) is 0.154. The van der Waals surface area contributed by atoms with E-state index in [4.69, 9.17) is 4.74 Å². The fraction of sp³-hybridized carbons (Fsp3) is 0.588. The first-order chi connectivity index (χ1) is 13.0. The minimum absolute atomic E-state index is 0.154. The van der Waals surface area contributed by atoms with E-state index in [1.165, 1.54) is 23.5 Å². The number of aromatic nitrogens is 4. The molecule has 10 heteroatoms. The summed E-state index contributed by atoms with van der Waals surface area (Å²) < 4.78 is 34.8. The van der Waals surface area contributed by atoms with E-state index in [9.17, 15) is 13.5 Å². The Kier molecular flexibility index (Phi) is 6.08. The highest BCUT2D eigenvalue weighted by Gasteiger charge is 2.44. The number of aryl methyl sites for hydroxylation is 1. The van der Waals surface area contributed by atoms with Crippen LogP contribution in [0.15, 0.2) is 29.2 Å². The largest absolute Gasteiger partial charge is 0.497 e. The van der Waals surface area contributed by atoms with Gasteiger partial charge >= 0.3 is 0 Å². The molecule has 9 nitrogen and oxygen atoms in total. The second-order valence-electron chi connectivity index (χ2n) is 6.55. The smallest absolute Gasteiger partial charge is 0.244 e. The maximum Gasteiger partial charge on any atom is 0.244 e. The van der Waals surface area contributed by atoms with Crippen molar-refractivity contribution >= 4 is 10.0 Å². The third-order valence-corrected chi connectivity index (χ3v) is 6.84. The Hall–Kier alpha value is -2.04. The first-order valence-electron chi connectivity index (χ1n) is 9.07. The quantitative estimate of drug-likeness (QED) is 0.718. The fourth-order valence-electron chi connectivity index (χ4n) is 3.42. The van der Waals surface area contributed by atoms with E-state index in [1.807, 2.05) is 0 Å². The van der Waals surface area contributed by atoms with Crippen LogP contribution >= 0.6 is 0 Å². The molecule has 1 aliphatic heterocycles.